The van der Waals surface area contributed by atoms with Gasteiger partial charge in [-0.05, 0) is 23.8 Å². The number of nitrogens with one attached hydrogen (secondary N) is 1. The molecule has 1 aromatic rings. The van der Waals surface area contributed by atoms with Crippen molar-refractivity contribution >= 4 is 18.0 Å². The van der Waals surface area contributed by atoms with Gasteiger partial charge in [-0.2, -0.15) is 0 Å². The molecule has 64 valence electrons. The van der Waals surface area contributed by atoms with E-state index in [9.17, 15) is 9.18 Å². The second kappa shape index (κ2) is 4.07. The lowest BCUT2D eigenvalue weighted by molar-refractivity contribution is -0.109. The van der Waals surface area contributed by atoms with E-state index in [1.165, 1.54) is 12.1 Å². The van der Waals surface area contributed by atoms with Crippen LogP contribution in [0.1, 0.15) is 5.56 Å². The van der Waals surface area contributed by atoms with Crippen LogP contribution in [-0.2, 0) is 11.3 Å². The summed E-state index contributed by atoms with van der Waals surface area (Å²) in [5, 5.41) is 2.74. The number of carbonyl (C=O) groups is 1. The molecule has 0 radical (unpaired) electrons. The third-order valence-corrected chi connectivity index (χ3v) is 1.53. The van der Waals surface area contributed by atoms with Gasteiger partial charge in [0, 0.05) is 11.6 Å². The van der Waals surface area contributed by atoms with Crippen LogP contribution in [0.3, 0.4) is 0 Å². The predicted molar refractivity (Wildman–Crippen MR) is 44.3 cm³/mol. The molecule has 0 bridgehead atoms. The van der Waals surface area contributed by atoms with E-state index in [1.54, 1.807) is 6.07 Å². The van der Waals surface area contributed by atoms with Crippen molar-refractivity contribution in [2.45, 2.75) is 6.54 Å². The molecule has 1 N–H and O–H groups in total. The van der Waals surface area contributed by atoms with Crippen LogP contribution < -0.4 is 5.32 Å². The molecule has 1 rings (SSSR count). The molecule has 0 atom stereocenters. The average molecular weight is 188 g/mol. The van der Waals surface area contributed by atoms with Crippen LogP contribution in [0.25, 0.3) is 0 Å². The second-order valence-corrected chi connectivity index (χ2v) is 2.71. The summed E-state index contributed by atoms with van der Waals surface area (Å²) in [4.78, 5) is 9.91. The average Bonchev–Trinajstić information content (AvgIpc) is 1.99. The standard InChI is InChI=1S/C8H7ClFNO/c9-7-1-6(4-11-5-12)2-8(10)3-7/h1-3,5H,4H2,(H,11,12). The molecule has 0 heterocycles. The first-order valence-corrected chi connectivity index (χ1v) is 3.72. The van der Waals surface area contributed by atoms with E-state index < -0.39 is 5.82 Å². The Kier molecular flexibility index (Phi) is 3.05. The van der Waals surface area contributed by atoms with Crippen LogP contribution in [0.2, 0.25) is 5.02 Å². The van der Waals surface area contributed by atoms with Crippen molar-refractivity contribution in [2.24, 2.45) is 0 Å². The number of hydrogen-bond acceptors (Lipinski definition) is 1. The van der Waals surface area contributed by atoms with E-state index in [2.05, 4.69) is 5.32 Å². The molecule has 1 amide bonds. The molecular formula is C8H7ClFNO. The lowest BCUT2D eigenvalue weighted by Crippen LogP contribution is -2.09. The molecule has 0 aliphatic rings. The van der Waals surface area contributed by atoms with Gasteiger partial charge < -0.3 is 5.32 Å². The summed E-state index contributed by atoms with van der Waals surface area (Å²) in [6.07, 6.45) is 0.554. The summed E-state index contributed by atoms with van der Waals surface area (Å²) in [7, 11) is 0. The van der Waals surface area contributed by atoms with Gasteiger partial charge in [-0.15, -0.1) is 0 Å². The van der Waals surface area contributed by atoms with Crippen LogP contribution in [0.4, 0.5) is 4.39 Å². The minimum Gasteiger partial charge on any atom is -0.355 e. The molecule has 0 unspecified atom stereocenters. The maximum atomic E-state index is 12.7. The van der Waals surface area contributed by atoms with Crippen LogP contribution in [0, 0.1) is 5.82 Å². The summed E-state index contributed by atoms with van der Waals surface area (Å²) in [6.45, 7) is 0.293. The van der Waals surface area contributed by atoms with Crippen molar-refractivity contribution in [3.8, 4) is 0 Å². The zero-order valence-corrected chi connectivity index (χ0v) is 6.94. The molecule has 0 aromatic heterocycles. The van der Waals surface area contributed by atoms with Crippen molar-refractivity contribution in [1.29, 1.82) is 0 Å². The van der Waals surface area contributed by atoms with Crippen LogP contribution in [0.5, 0.6) is 0 Å². The van der Waals surface area contributed by atoms with Gasteiger partial charge in [-0.1, -0.05) is 11.6 Å². The van der Waals surface area contributed by atoms with Crippen molar-refractivity contribution in [2.75, 3.05) is 0 Å². The highest BCUT2D eigenvalue weighted by atomic mass is 35.5. The molecule has 4 heteroatoms. The summed E-state index contributed by atoms with van der Waals surface area (Å²) in [5.74, 6) is -0.398. The van der Waals surface area contributed by atoms with Crippen LogP contribution in [0.15, 0.2) is 18.2 Å². The third-order valence-electron chi connectivity index (χ3n) is 1.31. The Balaban J connectivity index is 2.78. The van der Waals surface area contributed by atoms with Gasteiger partial charge in [0.25, 0.3) is 0 Å². The Bertz CT molecular complexity index is 270. The van der Waals surface area contributed by atoms with Gasteiger partial charge in [0.05, 0.1) is 0 Å². The van der Waals surface area contributed by atoms with E-state index in [0.717, 1.165) is 0 Å². The molecule has 0 spiro atoms. The van der Waals surface area contributed by atoms with E-state index in [4.69, 9.17) is 11.6 Å². The van der Waals surface area contributed by atoms with Crippen molar-refractivity contribution in [3.63, 3.8) is 0 Å². The van der Waals surface area contributed by atoms with Gasteiger partial charge in [0.15, 0.2) is 0 Å². The zero-order valence-electron chi connectivity index (χ0n) is 6.18. The fourth-order valence-corrected chi connectivity index (χ4v) is 1.12. The number of hydrogen-bond donors (Lipinski definition) is 1. The number of halogens is 2. The fraction of sp³-hybridized carbons (Fsp3) is 0.125. The number of rotatable bonds is 3. The highest BCUT2D eigenvalue weighted by Crippen LogP contribution is 2.13. The van der Waals surface area contributed by atoms with Gasteiger partial charge in [0.1, 0.15) is 5.82 Å². The van der Waals surface area contributed by atoms with Crippen molar-refractivity contribution in [1.82, 2.24) is 5.32 Å². The summed E-state index contributed by atoms with van der Waals surface area (Å²) >= 11 is 5.57. The minimum absolute atomic E-state index is 0.293. The SMILES string of the molecule is O=CNCc1cc(F)cc(Cl)c1. The molecule has 12 heavy (non-hydrogen) atoms. The largest absolute Gasteiger partial charge is 0.355 e. The van der Waals surface area contributed by atoms with Crippen molar-refractivity contribution in [3.05, 3.63) is 34.6 Å². The second-order valence-electron chi connectivity index (χ2n) is 2.28. The lowest BCUT2D eigenvalue weighted by Gasteiger charge is -2.00. The Morgan fingerprint density at radius 2 is 2.25 bits per heavy atom. The minimum atomic E-state index is -0.398. The summed E-state index contributed by atoms with van der Waals surface area (Å²) in [5.41, 5.74) is 0.645. The molecule has 0 fully saturated rings. The molecule has 1 aromatic carbocycles. The van der Waals surface area contributed by atoms with Gasteiger partial charge in [-0.25, -0.2) is 4.39 Å². The Morgan fingerprint density at radius 3 is 2.83 bits per heavy atom. The van der Waals surface area contributed by atoms with E-state index in [1.807, 2.05) is 0 Å². The normalized spacial score (nSPS) is 9.50. The third kappa shape index (κ3) is 2.51. The number of amides is 1. The van der Waals surface area contributed by atoms with Gasteiger partial charge >= 0.3 is 0 Å². The fourth-order valence-electron chi connectivity index (χ4n) is 0.873. The first-order valence-electron chi connectivity index (χ1n) is 3.34. The van der Waals surface area contributed by atoms with E-state index in [-0.39, 0.29) is 0 Å². The monoisotopic (exact) mass is 187 g/mol. The summed E-state index contributed by atoms with van der Waals surface area (Å²) in [6, 6.07) is 4.13. The quantitative estimate of drug-likeness (QED) is 0.718. The Labute approximate surface area is 74.3 Å². The molecule has 0 aliphatic carbocycles. The Morgan fingerprint density at radius 1 is 1.50 bits per heavy atom. The highest BCUT2D eigenvalue weighted by molar-refractivity contribution is 6.30. The van der Waals surface area contributed by atoms with Crippen LogP contribution in [-0.4, -0.2) is 6.41 Å². The lowest BCUT2D eigenvalue weighted by atomic mass is 10.2. The predicted octanol–water partition coefficient (Wildman–Crippen LogP) is 1.73. The topological polar surface area (TPSA) is 29.1 Å². The molecule has 2 nitrogen and oxygen atoms in total. The first kappa shape index (κ1) is 9.00. The van der Waals surface area contributed by atoms with Gasteiger partial charge in [-0.3, -0.25) is 4.79 Å². The Hall–Kier alpha value is -1.09. The maximum Gasteiger partial charge on any atom is 0.207 e. The van der Waals surface area contributed by atoms with Crippen LogP contribution >= 0.6 is 11.6 Å². The molecular weight excluding hydrogens is 181 g/mol. The first-order chi connectivity index (χ1) is 5.72. The smallest absolute Gasteiger partial charge is 0.207 e. The number of carbonyl (C=O) groups excluding carboxylic acids is 1. The molecule has 0 saturated heterocycles. The molecule has 0 saturated carbocycles. The maximum absolute atomic E-state index is 12.7. The number of benzene rings is 1. The van der Waals surface area contributed by atoms with Crippen molar-refractivity contribution < 1.29 is 9.18 Å². The molecule has 0 aliphatic heterocycles. The zero-order chi connectivity index (χ0) is 8.97. The summed E-state index contributed by atoms with van der Waals surface area (Å²) < 4.78 is 12.7. The van der Waals surface area contributed by atoms with Gasteiger partial charge in [0.2, 0.25) is 6.41 Å². The van der Waals surface area contributed by atoms with E-state index in [0.29, 0.717) is 23.5 Å². The highest BCUT2D eigenvalue weighted by Gasteiger charge is 1.97. The van der Waals surface area contributed by atoms with E-state index >= 15 is 0 Å².